The molecule has 1 aromatic heterocycles. The zero-order valence-corrected chi connectivity index (χ0v) is 19.6. The van der Waals surface area contributed by atoms with E-state index in [1.165, 1.54) is 122 Å². The van der Waals surface area contributed by atoms with Crippen LogP contribution in [0.1, 0.15) is 135 Å². The molecule has 0 aliphatic rings. The van der Waals surface area contributed by atoms with E-state index in [2.05, 4.69) is 43.8 Å². The molecule has 0 aliphatic heterocycles. The van der Waals surface area contributed by atoms with Gasteiger partial charge in [-0.15, -0.1) is 0 Å². The molecule has 1 rings (SSSR count). The second kappa shape index (κ2) is 18.2. The smallest absolute Gasteiger partial charge is 0.171 e. The molecule has 0 spiro atoms. The number of hydrogen-bond acceptors (Lipinski definition) is 0. The summed E-state index contributed by atoms with van der Waals surface area (Å²) in [6.45, 7) is 8.08. The molecule has 0 saturated carbocycles. The summed E-state index contributed by atoms with van der Waals surface area (Å²) in [6.07, 6.45) is 29.6. The molecule has 0 fully saturated rings. The Labute approximate surface area is 177 Å². The molecule has 1 heteroatoms. The normalized spacial score (nSPS) is 11.2. The first-order chi connectivity index (χ1) is 13.8. The topological polar surface area (TPSA) is 3.88 Å². The number of unbranched alkanes of at least 4 members (excludes halogenated alkanes) is 13. The van der Waals surface area contributed by atoms with E-state index in [0.717, 1.165) is 0 Å². The van der Waals surface area contributed by atoms with Gasteiger partial charge in [0.2, 0.25) is 0 Å². The van der Waals surface area contributed by atoms with Gasteiger partial charge in [-0.25, -0.2) is 4.57 Å². The van der Waals surface area contributed by atoms with Gasteiger partial charge < -0.3 is 0 Å². The summed E-state index contributed by atoms with van der Waals surface area (Å²) in [5.74, 6) is 0. The number of aryl methyl sites for hydroxylation is 3. The molecule has 0 atom stereocenters. The van der Waals surface area contributed by atoms with Crippen LogP contribution in [0.2, 0.25) is 0 Å². The molecule has 0 saturated heterocycles. The van der Waals surface area contributed by atoms with Gasteiger partial charge >= 0.3 is 0 Å². The van der Waals surface area contributed by atoms with Crippen LogP contribution in [-0.2, 0) is 19.4 Å². The lowest BCUT2D eigenvalue weighted by Gasteiger charge is -2.07. The minimum atomic E-state index is 1.19. The van der Waals surface area contributed by atoms with E-state index in [1.807, 2.05) is 0 Å². The van der Waals surface area contributed by atoms with Crippen molar-refractivity contribution < 1.29 is 4.57 Å². The molecule has 0 bridgehead atoms. The Balaban J connectivity index is 2.39. The first kappa shape index (κ1) is 25.2. The second-order valence-corrected chi connectivity index (χ2v) is 8.89. The molecule has 1 aromatic rings. The summed E-state index contributed by atoms with van der Waals surface area (Å²) >= 11 is 0. The van der Waals surface area contributed by atoms with Crippen LogP contribution in [-0.4, -0.2) is 0 Å². The van der Waals surface area contributed by atoms with Crippen molar-refractivity contribution in [1.82, 2.24) is 0 Å². The molecule has 1 heterocycles. The monoisotopic (exact) mass is 388 g/mol. The molecule has 0 unspecified atom stereocenters. The van der Waals surface area contributed by atoms with E-state index >= 15 is 0 Å². The number of aromatic nitrogens is 1. The summed E-state index contributed by atoms with van der Waals surface area (Å²) < 4.78 is 2.48. The van der Waals surface area contributed by atoms with Gasteiger partial charge in [0.25, 0.3) is 0 Å². The Morgan fingerprint density at radius 1 is 0.500 bits per heavy atom. The predicted octanol–water partition coefficient (Wildman–Crippen LogP) is 8.36. The molecule has 0 amide bonds. The van der Waals surface area contributed by atoms with E-state index in [-0.39, 0.29) is 0 Å². The zero-order chi connectivity index (χ0) is 20.3. The lowest BCUT2D eigenvalue weighted by Crippen LogP contribution is -2.34. The quantitative estimate of drug-likeness (QED) is 0.165. The van der Waals surface area contributed by atoms with Gasteiger partial charge in [-0.1, -0.05) is 104 Å². The molecular formula is C27H50N+. The summed E-state index contributed by atoms with van der Waals surface area (Å²) in [5, 5.41) is 0. The molecule has 162 valence electrons. The van der Waals surface area contributed by atoms with E-state index in [4.69, 9.17) is 0 Å². The fourth-order valence-corrected chi connectivity index (χ4v) is 4.09. The standard InChI is InChI=1S/C27H50N/c1-4-7-10-12-14-16-18-20-26-23-27(25-28(24-26)22-9-6-3)21-19-17-15-13-11-8-5-2/h23-25H,4-22H2,1-3H3/q+1. The number of hydrogen-bond donors (Lipinski definition) is 0. The lowest BCUT2D eigenvalue weighted by molar-refractivity contribution is -0.698. The van der Waals surface area contributed by atoms with Crippen LogP contribution in [0.15, 0.2) is 18.5 Å². The second-order valence-electron chi connectivity index (χ2n) is 8.89. The van der Waals surface area contributed by atoms with Crippen LogP contribution < -0.4 is 4.57 Å². The van der Waals surface area contributed by atoms with E-state index in [0.29, 0.717) is 0 Å². The Kier molecular flexibility index (Phi) is 16.4. The molecular weight excluding hydrogens is 338 g/mol. The van der Waals surface area contributed by atoms with Gasteiger partial charge in [-0.2, -0.15) is 0 Å². The van der Waals surface area contributed by atoms with Crippen LogP contribution >= 0.6 is 0 Å². The molecule has 0 radical (unpaired) electrons. The SMILES string of the molecule is CCCCCCCCCc1cc(CCCCCCCCC)c[n+](CCCC)c1. The first-order valence-corrected chi connectivity index (χ1v) is 12.8. The molecule has 0 aliphatic carbocycles. The Morgan fingerprint density at radius 2 is 0.893 bits per heavy atom. The van der Waals surface area contributed by atoms with Crippen molar-refractivity contribution in [2.24, 2.45) is 0 Å². The highest BCUT2D eigenvalue weighted by Crippen LogP contribution is 2.14. The zero-order valence-electron chi connectivity index (χ0n) is 19.6. The maximum Gasteiger partial charge on any atom is 0.171 e. The van der Waals surface area contributed by atoms with Crippen molar-refractivity contribution in [3.8, 4) is 0 Å². The molecule has 0 N–H and O–H groups in total. The summed E-state index contributed by atoms with van der Waals surface area (Å²) in [4.78, 5) is 0. The van der Waals surface area contributed by atoms with Gasteiger partial charge in [0, 0.05) is 17.5 Å². The maximum atomic E-state index is 2.51. The van der Waals surface area contributed by atoms with Crippen LogP contribution in [0.3, 0.4) is 0 Å². The lowest BCUT2D eigenvalue weighted by atomic mass is 10.0. The van der Waals surface area contributed by atoms with E-state index < -0.39 is 0 Å². The average Bonchev–Trinajstić information content (AvgIpc) is 2.71. The Bertz CT molecular complexity index is 429. The number of pyridine rings is 1. The van der Waals surface area contributed by atoms with Crippen molar-refractivity contribution in [3.05, 3.63) is 29.6 Å². The third kappa shape index (κ3) is 13.3. The van der Waals surface area contributed by atoms with Crippen LogP contribution in [0, 0.1) is 0 Å². The van der Waals surface area contributed by atoms with Crippen LogP contribution in [0.4, 0.5) is 0 Å². The minimum Gasteiger partial charge on any atom is -0.205 e. The molecule has 28 heavy (non-hydrogen) atoms. The third-order valence-corrected chi connectivity index (χ3v) is 5.94. The molecule has 0 aromatic carbocycles. The highest BCUT2D eigenvalue weighted by molar-refractivity contribution is 5.15. The number of rotatable bonds is 19. The van der Waals surface area contributed by atoms with E-state index in [9.17, 15) is 0 Å². The fraction of sp³-hybridized carbons (Fsp3) is 0.815. The average molecular weight is 389 g/mol. The van der Waals surface area contributed by atoms with Crippen molar-refractivity contribution in [3.63, 3.8) is 0 Å². The predicted molar refractivity (Wildman–Crippen MR) is 125 cm³/mol. The van der Waals surface area contributed by atoms with Crippen molar-refractivity contribution >= 4 is 0 Å². The van der Waals surface area contributed by atoms with Crippen LogP contribution in [0.5, 0.6) is 0 Å². The van der Waals surface area contributed by atoms with Crippen molar-refractivity contribution in [1.29, 1.82) is 0 Å². The van der Waals surface area contributed by atoms with Gasteiger partial charge in [0.15, 0.2) is 12.4 Å². The fourth-order valence-electron chi connectivity index (χ4n) is 4.09. The van der Waals surface area contributed by atoms with Gasteiger partial charge in [-0.3, -0.25) is 0 Å². The van der Waals surface area contributed by atoms with Crippen LogP contribution in [0.25, 0.3) is 0 Å². The van der Waals surface area contributed by atoms with E-state index in [1.54, 1.807) is 11.1 Å². The highest BCUT2D eigenvalue weighted by Gasteiger charge is 2.08. The van der Waals surface area contributed by atoms with Gasteiger partial charge in [0.1, 0.15) is 6.54 Å². The largest absolute Gasteiger partial charge is 0.205 e. The third-order valence-electron chi connectivity index (χ3n) is 5.94. The minimum absolute atomic E-state index is 1.19. The Hall–Kier alpha value is -0.850. The van der Waals surface area contributed by atoms with Gasteiger partial charge in [0.05, 0.1) is 0 Å². The van der Waals surface area contributed by atoms with Crippen molar-refractivity contribution in [2.45, 2.75) is 143 Å². The summed E-state index contributed by atoms with van der Waals surface area (Å²) in [5.41, 5.74) is 3.15. The van der Waals surface area contributed by atoms with Gasteiger partial charge in [-0.05, 0) is 31.7 Å². The first-order valence-electron chi connectivity index (χ1n) is 12.8. The number of nitrogens with zero attached hydrogens (tertiary/aromatic N) is 1. The van der Waals surface area contributed by atoms with Crippen molar-refractivity contribution in [2.75, 3.05) is 0 Å². The highest BCUT2D eigenvalue weighted by atomic mass is 14.9. The summed E-state index contributed by atoms with van der Waals surface area (Å²) in [7, 11) is 0. The summed E-state index contributed by atoms with van der Waals surface area (Å²) in [6, 6.07) is 2.51. The Morgan fingerprint density at radius 3 is 1.32 bits per heavy atom. The molecule has 1 nitrogen and oxygen atoms in total. The maximum absolute atomic E-state index is 2.51.